The molecule has 0 saturated heterocycles. The van der Waals surface area contributed by atoms with E-state index in [0.29, 0.717) is 5.92 Å². The minimum atomic E-state index is 0.650. The number of rotatable bonds is 12. The van der Waals surface area contributed by atoms with Crippen LogP contribution in [0.4, 0.5) is 0 Å². The number of hydrogen-bond donors (Lipinski definition) is 0. The molecule has 2 rings (SSSR count). The van der Waals surface area contributed by atoms with Crippen LogP contribution in [0.3, 0.4) is 0 Å². The van der Waals surface area contributed by atoms with E-state index in [0.717, 1.165) is 0 Å². The average molecular weight is 351 g/mol. The molecule has 0 amide bonds. The highest BCUT2D eigenvalue weighted by Gasteiger charge is 2.13. The van der Waals surface area contributed by atoms with E-state index in [2.05, 4.69) is 69.3 Å². The fourth-order valence-corrected chi connectivity index (χ4v) is 3.96. The Kier molecular flexibility index (Phi) is 9.53. The zero-order chi connectivity index (χ0) is 18.6. The van der Waals surface area contributed by atoms with Crippen molar-refractivity contribution in [2.75, 3.05) is 0 Å². The van der Waals surface area contributed by atoms with E-state index in [1.54, 1.807) is 0 Å². The third kappa shape index (κ3) is 7.77. The highest BCUT2D eigenvalue weighted by Crippen LogP contribution is 2.28. The quantitative estimate of drug-likeness (QED) is 0.339. The van der Waals surface area contributed by atoms with E-state index in [1.165, 1.54) is 86.5 Å². The first-order chi connectivity index (χ1) is 12.7. The molecule has 1 unspecified atom stereocenters. The molecule has 0 nitrogen and oxygen atoms in total. The normalized spacial score (nSPS) is 12.3. The van der Waals surface area contributed by atoms with E-state index in [4.69, 9.17) is 0 Å². The first-order valence-electron chi connectivity index (χ1n) is 10.8. The van der Waals surface area contributed by atoms with Crippen molar-refractivity contribution in [3.05, 3.63) is 70.8 Å². The molecule has 0 N–H and O–H groups in total. The van der Waals surface area contributed by atoms with E-state index in [1.807, 2.05) is 0 Å². The zero-order valence-corrected chi connectivity index (χ0v) is 17.3. The second kappa shape index (κ2) is 11.9. The van der Waals surface area contributed by atoms with Crippen LogP contribution >= 0.6 is 0 Å². The van der Waals surface area contributed by atoms with Gasteiger partial charge in [-0.25, -0.2) is 0 Å². The monoisotopic (exact) mass is 350 g/mol. The number of benzene rings is 2. The van der Waals surface area contributed by atoms with Crippen molar-refractivity contribution in [3.63, 3.8) is 0 Å². The molecule has 2 aromatic carbocycles. The van der Waals surface area contributed by atoms with Crippen LogP contribution in [0.25, 0.3) is 0 Å². The zero-order valence-electron chi connectivity index (χ0n) is 17.3. The van der Waals surface area contributed by atoms with Crippen LogP contribution in [-0.4, -0.2) is 0 Å². The maximum absolute atomic E-state index is 2.39. The Bertz CT molecular complexity index is 625. The highest BCUT2D eigenvalue weighted by molar-refractivity contribution is 5.29. The maximum Gasteiger partial charge on any atom is -0.0121 e. The Balaban J connectivity index is 1.87. The Labute approximate surface area is 162 Å². The summed E-state index contributed by atoms with van der Waals surface area (Å²) in [6.07, 6.45) is 13.7. The Hall–Kier alpha value is -1.56. The molecule has 0 aliphatic carbocycles. The first kappa shape index (κ1) is 20.7. The van der Waals surface area contributed by atoms with Crippen molar-refractivity contribution in [3.8, 4) is 0 Å². The molecule has 0 saturated carbocycles. The lowest BCUT2D eigenvalue weighted by Gasteiger charge is -2.19. The number of aryl methyl sites for hydroxylation is 2. The van der Waals surface area contributed by atoms with Crippen molar-refractivity contribution in [1.29, 1.82) is 0 Å². The summed E-state index contributed by atoms with van der Waals surface area (Å²) in [6.45, 7) is 6.70. The molecular formula is C26H38. The molecule has 0 fully saturated rings. The summed E-state index contributed by atoms with van der Waals surface area (Å²) in [4.78, 5) is 0. The predicted octanol–water partition coefficient (Wildman–Crippen LogP) is 8.16. The van der Waals surface area contributed by atoms with E-state index in [-0.39, 0.29) is 0 Å². The average Bonchev–Trinajstić information content (AvgIpc) is 2.63. The van der Waals surface area contributed by atoms with Crippen molar-refractivity contribution in [2.24, 2.45) is 0 Å². The summed E-state index contributed by atoms with van der Waals surface area (Å²) in [5.41, 5.74) is 5.76. The van der Waals surface area contributed by atoms with Gasteiger partial charge in [-0.05, 0) is 43.7 Å². The lowest BCUT2D eigenvalue weighted by atomic mass is 9.86. The van der Waals surface area contributed by atoms with Gasteiger partial charge in [-0.3, -0.25) is 0 Å². The largest absolute Gasteiger partial charge is 0.0654 e. The minimum absolute atomic E-state index is 0.650. The van der Waals surface area contributed by atoms with Crippen LogP contribution in [0.15, 0.2) is 48.5 Å². The van der Waals surface area contributed by atoms with Crippen LogP contribution in [0.1, 0.15) is 92.9 Å². The Morgan fingerprint density at radius 2 is 1.31 bits per heavy atom. The summed E-state index contributed by atoms with van der Waals surface area (Å²) in [5.74, 6) is 0.650. The van der Waals surface area contributed by atoms with Gasteiger partial charge in [0.25, 0.3) is 0 Å². The summed E-state index contributed by atoms with van der Waals surface area (Å²) in [5, 5.41) is 0. The van der Waals surface area contributed by atoms with Gasteiger partial charge in [0.1, 0.15) is 0 Å². The smallest absolute Gasteiger partial charge is 0.0121 e. The van der Waals surface area contributed by atoms with Crippen molar-refractivity contribution < 1.29 is 0 Å². The van der Waals surface area contributed by atoms with E-state index in [9.17, 15) is 0 Å². The van der Waals surface area contributed by atoms with Crippen LogP contribution in [-0.2, 0) is 6.42 Å². The second-order valence-electron chi connectivity index (χ2n) is 8.07. The first-order valence-corrected chi connectivity index (χ1v) is 10.8. The van der Waals surface area contributed by atoms with Gasteiger partial charge in [0.05, 0.1) is 0 Å². The molecular weight excluding hydrogens is 312 g/mol. The number of unbranched alkanes of at least 4 members (excludes halogenated alkanes) is 7. The summed E-state index contributed by atoms with van der Waals surface area (Å²) >= 11 is 0. The molecule has 0 aromatic heterocycles. The molecule has 26 heavy (non-hydrogen) atoms. The minimum Gasteiger partial charge on any atom is -0.0654 e. The van der Waals surface area contributed by atoms with Gasteiger partial charge in [0, 0.05) is 0 Å². The molecule has 0 aliphatic rings. The standard InChI is InChI=1S/C26H38/c1-4-5-6-7-8-9-10-11-17-26(25-18-13-15-23(3)20-25)21-24-16-12-14-22(2)19-24/h12-16,18-20,26H,4-11,17,21H2,1-3H3. The summed E-state index contributed by atoms with van der Waals surface area (Å²) < 4.78 is 0. The van der Waals surface area contributed by atoms with E-state index < -0.39 is 0 Å². The van der Waals surface area contributed by atoms with Crippen LogP contribution in [0.5, 0.6) is 0 Å². The van der Waals surface area contributed by atoms with E-state index >= 15 is 0 Å². The fraction of sp³-hybridized carbons (Fsp3) is 0.538. The lowest BCUT2D eigenvalue weighted by Crippen LogP contribution is -2.04. The summed E-state index contributed by atoms with van der Waals surface area (Å²) in [7, 11) is 0. The predicted molar refractivity (Wildman–Crippen MR) is 116 cm³/mol. The molecule has 2 aromatic rings. The molecule has 0 bridgehead atoms. The molecule has 0 aliphatic heterocycles. The third-order valence-electron chi connectivity index (χ3n) is 5.48. The van der Waals surface area contributed by atoms with Gasteiger partial charge in [-0.1, -0.05) is 118 Å². The van der Waals surface area contributed by atoms with Gasteiger partial charge < -0.3 is 0 Å². The Morgan fingerprint density at radius 1 is 0.692 bits per heavy atom. The van der Waals surface area contributed by atoms with Gasteiger partial charge >= 0.3 is 0 Å². The maximum atomic E-state index is 2.39. The molecule has 0 heterocycles. The van der Waals surface area contributed by atoms with Crippen molar-refractivity contribution in [2.45, 2.75) is 90.9 Å². The SMILES string of the molecule is CCCCCCCCCCC(Cc1cccc(C)c1)c1cccc(C)c1. The topological polar surface area (TPSA) is 0 Å². The lowest BCUT2D eigenvalue weighted by molar-refractivity contribution is 0.527. The van der Waals surface area contributed by atoms with Crippen LogP contribution < -0.4 is 0 Å². The van der Waals surface area contributed by atoms with Crippen molar-refractivity contribution >= 4 is 0 Å². The van der Waals surface area contributed by atoms with Gasteiger partial charge in [0.2, 0.25) is 0 Å². The Morgan fingerprint density at radius 3 is 1.96 bits per heavy atom. The van der Waals surface area contributed by atoms with Gasteiger partial charge in [-0.15, -0.1) is 0 Å². The molecule has 142 valence electrons. The highest BCUT2D eigenvalue weighted by atomic mass is 14.2. The van der Waals surface area contributed by atoms with Gasteiger partial charge in [0.15, 0.2) is 0 Å². The third-order valence-corrected chi connectivity index (χ3v) is 5.48. The molecule has 0 heteroatoms. The van der Waals surface area contributed by atoms with Crippen molar-refractivity contribution in [1.82, 2.24) is 0 Å². The molecule has 1 atom stereocenters. The second-order valence-corrected chi connectivity index (χ2v) is 8.07. The van der Waals surface area contributed by atoms with Crippen LogP contribution in [0.2, 0.25) is 0 Å². The van der Waals surface area contributed by atoms with Crippen LogP contribution in [0, 0.1) is 13.8 Å². The number of hydrogen-bond acceptors (Lipinski definition) is 0. The van der Waals surface area contributed by atoms with Gasteiger partial charge in [-0.2, -0.15) is 0 Å². The molecule has 0 spiro atoms. The fourth-order valence-electron chi connectivity index (χ4n) is 3.96. The molecule has 0 radical (unpaired) electrons. The summed E-state index contributed by atoms with van der Waals surface area (Å²) in [6, 6.07) is 18.2.